The Labute approximate surface area is 124 Å². The predicted octanol–water partition coefficient (Wildman–Crippen LogP) is 2.03. The molecule has 21 heavy (non-hydrogen) atoms. The Bertz CT molecular complexity index is 573. The highest BCUT2D eigenvalue weighted by atomic mass is 16.5. The molecule has 2 N–H and O–H groups in total. The van der Waals surface area contributed by atoms with Crippen molar-refractivity contribution in [3.05, 3.63) is 23.8 Å². The van der Waals surface area contributed by atoms with E-state index in [2.05, 4.69) is 5.32 Å². The molecule has 0 spiro atoms. The molecule has 2 rings (SSSR count). The van der Waals surface area contributed by atoms with E-state index in [-0.39, 0.29) is 11.9 Å². The van der Waals surface area contributed by atoms with Crippen LogP contribution in [0.4, 0.5) is 4.79 Å². The van der Waals surface area contributed by atoms with Gasteiger partial charge in [0.2, 0.25) is 0 Å². The summed E-state index contributed by atoms with van der Waals surface area (Å²) in [4.78, 5) is 13.5. The van der Waals surface area contributed by atoms with Gasteiger partial charge in [-0.2, -0.15) is 0 Å². The average molecular weight is 291 g/mol. The zero-order valence-electron chi connectivity index (χ0n) is 12.8. The van der Waals surface area contributed by atoms with Gasteiger partial charge in [-0.15, -0.1) is 0 Å². The van der Waals surface area contributed by atoms with Crippen LogP contribution in [0.5, 0.6) is 11.5 Å². The smallest absolute Gasteiger partial charge is 0.323 e. The van der Waals surface area contributed by atoms with Crippen molar-refractivity contribution < 1.29 is 14.3 Å². The van der Waals surface area contributed by atoms with Crippen molar-refractivity contribution in [1.29, 1.82) is 5.41 Å². The summed E-state index contributed by atoms with van der Waals surface area (Å²) in [7, 11) is 3.18. The fourth-order valence-electron chi connectivity index (χ4n) is 2.73. The van der Waals surface area contributed by atoms with Crippen LogP contribution in [-0.4, -0.2) is 43.1 Å². The minimum atomic E-state index is -0.661. The van der Waals surface area contributed by atoms with Gasteiger partial charge in [-0.1, -0.05) is 6.07 Å². The van der Waals surface area contributed by atoms with Crippen LogP contribution in [0.15, 0.2) is 18.2 Å². The van der Waals surface area contributed by atoms with E-state index < -0.39 is 5.54 Å². The molecule has 1 atom stereocenters. The van der Waals surface area contributed by atoms with Gasteiger partial charge in [0, 0.05) is 13.0 Å². The van der Waals surface area contributed by atoms with Crippen molar-refractivity contribution in [2.45, 2.75) is 25.8 Å². The van der Waals surface area contributed by atoms with E-state index in [4.69, 9.17) is 14.9 Å². The summed E-state index contributed by atoms with van der Waals surface area (Å²) in [6, 6.07) is 5.43. The van der Waals surface area contributed by atoms with Crippen molar-refractivity contribution in [2.75, 3.05) is 20.8 Å². The molecule has 0 aliphatic carbocycles. The number of carbonyl (C=O) groups is 1. The maximum atomic E-state index is 11.9. The Hall–Kier alpha value is -2.24. The predicted molar refractivity (Wildman–Crippen MR) is 80.3 cm³/mol. The van der Waals surface area contributed by atoms with Gasteiger partial charge in [0.25, 0.3) is 0 Å². The summed E-state index contributed by atoms with van der Waals surface area (Å²) in [5, 5.41) is 10.7. The molecule has 0 bridgehead atoms. The number of hydrogen-bond acceptors (Lipinski definition) is 4. The SMILES string of the molecule is CCN1C(=O)NC(=N)C1(C)Cc1ccc(OC)c(OC)c1. The number of nitrogens with zero attached hydrogens (tertiary/aromatic N) is 1. The highest BCUT2D eigenvalue weighted by Gasteiger charge is 2.45. The highest BCUT2D eigenvalue weighted by Crippen LogP contribution is 2.31. The average Bonchev–Trinajstić information content (AvgIpc) is 2.67. The van der Waals surface area contributed by atoms with Crippen molar-refractivity contribution in [1.82, 2.24) is 10.2 Å². The first-order valence-corrected chi connectivity index (χ1v) is 6.84. The topological polar surface area (TPSA) is 74.7 Å². The van der Waals surface area contributed by atoms with Gasteiger partial charge in [-0.25, -0.2) is 4.79 Å². The Morgan fingerprint density at radius 1 is 1.29 bits per heavy atom. The summed E-state index contributed by atoms with van der Waals surface area (Å²) in [6.07, 6.45) is 0.540. The molecule has 0 aromatic heterocycles. The normalized spacial score (nSPS) is 21.4. The number of amidine groups is 1. The summed E-state index contributed by atoms with van der Waals surface area (Å²) in [5.41, 5.74) is 0.320. The van der Waals surface area contributed by atoms with Crippen molar-refractivity contribution in [3.8, 4) is 11.5 Å². The molecule has 6 nitrogen and oxygen atoms in total. The zero-order chi connectivity index (χ0) is 15.6. The van der Waals surface area contributed by atoms with Crippen LogP contribution in [0.1, 0.15) is 19.4 Å². The van der Waals surface area contributed by atoms with Crippen molar-refractivity contribution >= 4 is 11.9 Å². The second-order valence-electron chi connectivity index (χ2n) is 5.19. The molecule has 1 unspecified atom stereocenters. The number of amides is 2. The number of methoxy groups -OCH3 is 2. The first kappa shape index (κ1) is 15.2. The summed E-state index contributed by atoms with van der Waals surface area (Å²) in [6.45, 7) is 4.36. The summed E-state index contributed by atoms with van der Waals surface area (Å²) in [5.74, 6) is 1.53. The first-order chi connectivity index (χ1) is 9.96. The molecule has 1 aromatic rings. The molecule has 1 saturated heterocycles. The lowest BCUT2D eigenvalue weighted by atomic mass is 9.91. The van der Waals surface area contributed by atoms with Crippen molar-refractivity contribution in [2.24, 2.45) is 0 Å². The molecule has 6 heteroatoms. The zero-order valence-corrected chi connectivity index (χ0v) is 12.8. The fourth-order valence-corrected chi connectivity index (χ4v) is 2.73. The van der Waals surface area contributed by atoms with Gasteiger partial charge in [-0.05, 0) is 31.5 Å². The van der Waals surface area contributed by atoms with Crippen LogP contribution in [0.25, 0.3) is 0 Å². The van der Waals surface area contributed by atoms with Crippen LogP contribution in [0.2, 0.25) is 0 Å². The second kappa shape index (κ2) is 5.63. The van der Waals surface area contributed by atoms with Gasteiger partial charge in [0.15, 0.2) is 11.5 Å². The van der Waals surface area contributed by atoms with E-state index in [0.717, 1.165) is 5.56 Å². The molecule has 1 aliphatic heterocycles. The minimum Gasteiger partial charge on any atom is -0.493 e. The number of likely N-dealkylation sites (N-methyl/N-ethyl adjacent to an activating group) is 1. The lowest BCUT2D eigenvalue weighted by Crippen LogP contribution is -2.48. The second-order valence-corrected chi connectivity index (χ2v) is 5.19. The summed E-state index contributed by atoms with van der Waals surface area (Å²) >= 11 is 0. The molecule has 2 amide bonds. The molecule has 114 valence electrons. The van der Waals surface area contributed by atoms with Gasteiger partial charge in [0.05, 0.1) is 14.2 Å². The van der Waals surface area contributed by atoms with Crippen LogP contribution >= 0.6 is 0 Å². The number of nitrogens with one attached hydrogen (secondary N) is 2. The van der Waals surface area contributed by atoms with E-state index in [9.17, 15) is 4.79 Å². The first-order valence-electron chi connectivity index (χ1n) is 6.84. The van der Waals surface area contributed by atoms with Gasteiger partial charge in [-0.3, -0.25) is 10.7 Å². The van der Waals surface area contributed by atoms with Crippen LogP contribution in [0.3, 0.4) is 0 Å². The molecule has 1 heterocycles. The maximum Gasteiger partial charge on any atom is 0.323 e. The number of urea groups is 1. The number of carbonyl (C=O) groups excluding carboxylic acids is 1. The minimum absolute atomic E-state index is 0.217. The van der Waals surface area contributed by atoms with E-state index in [1.54, 1.807) is 19.1 Å². The number of rotatable bonds is 5. The molecule has 0 radical (unpaired) electrons. The van der Waals surface area contributed by atoms with Crippen LogP contribution in [0, 0.1) is 5.41 Å². The Morgan fingerprint density at radius 3 is 2.52 bits per heavy atom. The van der Waals surface area contributed by atoms with Gasteiger partial charge in [0.1, 0.15) is 11.4 Å². The van der Waals surface area contributed by atoms with Gasteiger partial charge >= 0.3 is 6.03 Å². The third-order valence-corrected chi connectivity index (χ3v) is 3.92. The number of benzene rings is 1. The third-order valence-electron chi connectivity index (χ3n) is 3.92. The molecule has 1 aliphatic rings. The van der Waals surface area contributed by atoms with Crippen molar-refractivity contribution in [3.63, 3.8) is 0 Å². The Kier molecular flexibility index (Phi) is 4.06. The lowest BCUT2D eigenvalue weighted by molar-refractivity contribution is 0.184. The molecule has 1 aromatic carbocycles. The number of hydrogen-bond donors (Lipinski definition) is 2. The quantitative estimate of drug-likeness (QED) is 0.871. The summed E-state index contributed by atoms with van der Waals surface area (Å²) < 4.78 is 10.5. The largest absolute Gasteiger partial charge is 0.493 e. The fraction of sp³-hybridized carbons (Fsp3) is 0.467. The van der Waals surface area contributed by atoms with E-state index in [0.29, 0.717) is 24.5 Å². The third kappa shape index (κ3) is 2.53. The van der Waals surface area contributed by atoms with E-state index in [1.165, 1.54) is 0 Å². The maximum absolute atomic E-state index is 11.9. The standard InChI is InChI=1S/C15H21N3O3/c1-5-18-14(19)17-13(16)15(18,2)9-10-6-7-11(20-3)12(8-10)21-4/h6-8H,5,9H2,1-4H3,(H2,16,17,19). The van der Waals surface area contributed by atoms with Gasteiger partial charge < -0.3 is 14.4 Å². The lowest BCUT2D eigenvalue weighted by Gasteiger charge is -2.32. The van der Waals surface area contributed by atoms with E-state index >= 15 is 0 Å². The van der Waals surface area contributed by atoms with E-state index in [1.807, 2.05) is 32.0 Å². The Balaban J connectivity index is 2.32. The van der Waals surface area contributed by atoms with Crippen LogP contribution < -0.4 is 14.8 Å². The molecule has 1 fully saturated rings. The monoisotopic (exact) mass is 291 g/mol. The number of ether oxygens (including phenoxy) is 2. The highest BCUT2D eigenvalue weighted by molar-refractivity contribution is 6.08. The molecular formula is C15H21N3O3. The Morgan fingerprint density at radius 2 is 1.95 bits per heavy atom. The molecular weight excluding hydrogens is 270 g/mol. The molecule has 0 saturated carbocycles. The van der Waals surface area contributed by atoms with Crippen LogP contribution in [-0.2, 0) is 6.42 Å².